The van der Waals surface area contributed by atoms with Gasteiger partial charge in [-0.3, -0.25) is 0 Å². The van der Waals surface area contributed by atoms with Gasteiger partial charge >= 0.3 is 0 Å². The molecule has 16 heavy (non-hydrogen) atoms. The van der Waals surface area contributed by atoms with Crippen LogP contribution in [0.4, 0.5) is 0 Å². The predicted molar refractivity (Wildman–Crippen MR) is 66.7 cm³/mol. The van der Waals surface area contributed by atoms with Crippen molar-refractivity contribution in [1.82, 2.24) is 0 Å². The molecule has 2 nitrogen and oxygen atoms in total. The highest BCUT2D eigenvalue weighted by molar-refractivity contribution is 6.30. The molecule has 2 rings (SSSR count). The summed E-state index contributed by atoms with van der Waals surface area (Å²) in [5.74, 6) is 0. The number of benzene rings is 1. The normalized spacial score (nSPS) is 24.5. The largest absolute Gasteiger partial charge is 0.391 e. The summed E-state index contributed by atoms with van der Waals surface area (Å²) in [6.45, 7) is 4.44. The van der Waals surface area contributed by atoms with E-state index in [2.05, 4.69) is 0 Å². The van der Waals surface area contributed by atoms with Gasteiger partial charge in [0.05, 0.1) is 18.8 Å². The molecule has 0 amide bonds. The summed E-state index contributed by atoms with van der Waals surface area (Å²) in [6.07, 6.45) is 1.52. The van der Waals surface area contributed by atoms with E-state index in [1.165, 1.54) is 0 Å². The van der Waals surface area contributed by atoms with E-state index in [1.54, 1.807) is 0 Å². The Hall–Kier alpha value is -0.570. The van der Waals surface area contributed by atoms with Crippen LogP contribution in [0.25, 0.3) is 0 Å². The maximum absolute atomic E-state index is 9.27. The van der Waals surface area contributed by atoms with Crippen molar-refractivity contribution in [3.05, 3.63) is 34.9 Å². The Morgan fingerprint density at radius 1 is 1.19 bits per heavy atom. The van der Waals surface area contributed by atoms with E-state index in [9.17, 15) is 5.11 Å². The quantitative estimate of drug-likeness (QED) is 0.816. The molecule has 0 radical (unpaired) electrons. The van der Waals surface area contributed by atoms with Crippen LogP contribution in [-0.4, -0.2) is 17.8 Å². The summed E-state index contributed by atoms with van der Waals surface area (Å²) in [7, 11) is 0. The second-order valence-corrected chi connectivity index (χ2v) is 4.04. The second kappa shape index (κ2) is 6.89. The van der Waals surface area contributed by atoms with E-state index in [4.69, 9.17) is 16.3 Å². The van der Waals surface area contributed by atoms with E-state index < -0.39 is 0 Å². The molecule has 1 aromatic rings. The number of hydrogen-bond acceptors (Lipinski definition) is 2. The minimum absolute atomic E-state index is 0.121. The van der Waals surface area contributed by atoms with Crippen LogP contribution in [0, 0.1) is 0 Å². The molecular formula is C13H19ClO2. The van der Waals surface area contributed by atoms with E-state index in [1.807, 2.05) is 38.1 Å². The van der Waals surface area contributed by atoms with Crippen molar-refractivity contribution in [1.29, 1.82) is 0 Å². The monoisotopic (exact) mass is 242 g/mol. The molecule has 1 aromatic carbocycles. The molecule has 0 spiro atoms. The van der Waals surface area contributed by atoms with Crippen LogP contribution in [0.1, 0.15) is 38.4 Å². The molecule has 1 heterocycles. The summed E-state index contributed by atoms with van der Waals surface area (Å²) in [5.41, 5.74) is 1.14. The molecule has 1 saturated heterocycles. The van der Waals surface area contributed by atoms with Crippen LogP contribution in [0.2, 0.25) is 5.02 Å². The van der Waals surface area contributed by atoms with Crippen LogP contribution in [0.3, 0.4) is 0 Å². The van der Waals surface area contributed by atoms with E-state index in [0.29, 0.717) is 6.61 Å². The average molecular weight is 243 g/mol. The Bertz CT molecular complexity index is 289. The van der Waals surface area contributed by atoms with Gasteiger partial charge in [-0.05, 0) is 30.5 Å². The molecule has 2 atom stereocenters. The Morgan fingerprint density at radius 3 is 2.31 bits per heavy atom. The smallest absolute Gasteiger partial charge is 0.0827 e. The van der Waals surface area contributed by atoms with Crippen molar-refractivity contribution in [3.63, 3.8) is 0 Å². The summed E-state index contributed by atoms with van der Waals surface area (Å²) >= 11 is 5.79. The fraction of sp³-hybridized carbons (Fsp3) is 0.538. The highest BCUT2D eigenvalue weighted by Gasteiger charge is 2.20. The van der Waals surface area contributed by atoms with Gasteiger partial charge in [0.15, 0.2) is 0 Å². The van der Waals surface area contributed by atoms with Gasteiger partial charge in [0, 0.05) is 5.02 Å². The van der Waals surface area contributed by atoms with E-state index in [0.717, 1.165) is 23.4 Å². The second-order valence-electron chi connectivity index (χ2n) is 3.60. The molecule has 90 valence electrons. The first-order valence-electron chi connectivity index (χ1n) is 5.81. The Balaban J connectivity index is 0.000000606. The van der Waals surface area contributed by atoms with Gasteiger partial charge in [-0.25, -0.2) is 0 Å². The summed E-state index contributed by atoms with van der Waals surface area (Å²) in [5, 5.41) is 10.0. The highest BCUT2D eigenvalue weighted by Crippen LogP contribution is 2.28. The van der Waals surface area contributed by atoms with Crippen molar-refractivity contribution in [2.45, 2.75) is 38.9 Å². The van der Waals surface area contributed by atoms with Crippen molar-refractivity contribution >= 4 is 11.6 Å². The van der Waals surface area contributed by atoms with Gasteiger partial charge in [0.2, 0.25) is 0 Å². The van der Waals surface area contributed by atoms with Crippen molar-refractivity contribution in [2.75, 3.05) is 6.61 Å². The number of halogens is 1. The third-order valence-electron chi connectivity index (χ3n) is 2.49. The number of aliphatic hydroxyl groups is 1. The number of rotatable bonds is 1. The Labute approximate surface area is 102 Å². The summed E-state index contributed by atoms with van der Waals surface area (Å²) < 4.78 is 5.52. The Morgan fingerprint density at radius 2 is 1.81 bits per heavy atom. The van der Waals surface area contributed by atoms with Crippen LogP contribution in [-0.2, 0) is 4.74 Å². The first kappa shape index (κ1) is 13.5. The number of ether oxygens (including phenoxy) is 1. The maximum Gasteiger partial charge on any atom is 0.0827 e. The first-order chi connectivity index (χ1) is 7.75. The molecule has 1 fully saturated rings. The average Bonchev–Trinajstić information content (AvgIpc) is 2.34. The lowest BCUT2D eigenvalue weighted by molar-refractivity contribution is -0.0568. The molecule has 1 N–H and O–H groups in total. The van der Waals surface area contributed by atoms with Gasteiger partial charge in [-0.15, -0.1) is 0 Å². The third-order valence-corrected chi connectivity index (χ3v) is 2.75. The van der Waals surface area contributed by atoms with Crippen molar-refractivity contribution < 1.29 is 9.84 Å². The molecule has 3 heteroatoms. The zero-order chi connectivity index (χ0) is 12.0. The van der Waals surface area contributed by atoms with Crippen LogP contribution in [0.15, 0.2) is 24.3 Å². The predicted octanol–water partition coefficient (Wildman–Crippen LogP) is 3.58. The van der Waals surface area contributed by atoms with Gasteiger partial charge < -0.3 is 9.84 Å². The lowest BCUT2D eigenvalue weighted by Crippen LogP contribution is -2.24. The molecule has 2 unspecified atom stereocenters. The van der Waals surface area contributed by atoms with Gasteiger partial charge in [0.1, 0.15) is 0 Å². The molecule has 0 bridgehead atoms. The summed E-state index contributed by atoms with van der Waals surface area (Å²) in [6, 6.07) is 7.69. The number of hydrogen-bond donors (Lipinski definition) is 1. The molecular weight excluding hydrogens is 224 g/mol. The highest BCUT2D eigenvalue weighted by atomic mass is 35.5. The standard InChI is InChI=1S/C11H13ClO2.C2H6/c12-9-3-1-8(2-4-9)11-6-5-10(13)7-14-11;1-2/h1-4,10-11,13H,5-7H2;1-2H3. The van der Waals surface area contributed by atoms with Gasteiger partial charge in [-0.2, -0.15) is 0 Å². The maximum atomic E-state index is 9.27. The SMILES string of the molecule is CC.OC1CCC(c2ccc(Cl)cc2)OC1. The van der Waals surface area contributed by atoms with Crippen molar-refractivity contribution in [2.24, 2.45) is 0 Å². The van der Waals surface area contributed by atoms with E-state index >= 15 is 0 Å². The molecule has 0 aromatic heterocycles. The minimum atomic E-state index is -0.293. The molecule has 0 saturated carbocycles. The zero-order valence-corrected chi connectivity index (χ0v) is 10.6. The lowest BCUT2D eigenvalue weighted by Gasteiger charge is -2.26. The van der Waals surface area contributed by atoms with Gasteiger partial charge in [-0.1, -0.05) is 37.6 Å². The molecule has 1 aliphatic heterocycles. The molecule has 1 aliphatic rings. The molecule has 0 aliphatic carbocycles. The topological polar surface area (TPSA) is 29.5 Å². The minimum Gasteiger partial charge on any atom is -0.391 e. The fourth-order valence-corrected chi connectivity index (χ4v) is 1.80. The zero-order valence-electron chi connectivity index (χ0n) is 9.82. The van der Waals surface area contributed by atoms with Crippen LogP contribution >= 0.6 is 11.6 Å². The fourth-order valence-electron chi connectivity index (χ4n) is 1.68. The van der Waals surface area contributed by atoms with Gasteiger partial charge in [0.25, 0.3) is 0 Å². The van der Waals surface area contributed by atoms with E-state index in [-0.39, 0.29) is 12.2 Å². The first-order valence-corrected chi connectivity index (χ1v) is 6.18. The number of aliphatic hydroxyl groups excluding tert-OH is 1. The van der Waals surface area contributed by atoms with Crippen LogP contribution < -0.4 is 0 Å². The summed E-state index contributed by atoms with van der Waals surface area (Å²) in [4.78, 5) is 0. The lowest BCUT2D eigenvalue weighted by atomic mass is 10.0. The Kier molecular flexibility index (Phi) is 5.81. The third kappa shape index (κ3) is 3.78. The van der Waals surface area contributed by atoms with Crippen molar-refractivity contribution in [3.8, 4) is 0 Å². The van der Waals surface area contributed by atoms with Crippen LogP contribution in [0.5, 0.6) is 0 Å².